The molecule has 0 aromatic rings. The fourth-order valence-electron chi connectivity index (χ4n) is 1.79. The number of rotatable bonds is 2. The second kappa shape index (κ2) is 4.32. The quantitative estimate of drug-likeness (QED) is 0.581. The summed E-state index contributed by atoms with van der Waals surface area (Å²) in [5.74, 6) is 0.639. The predicted octanol–water partition coefficient (Wildman–Crippen LogP) is 1.21. The molecule has 2 atom stereocenters. The molecule has 0 N–H and O–H groups in total. The fraction of sp³-hybridized carbons (Fsp3) is 0.889. The average molecular weight is 168 g/mol. The van der Waals surface area contributed by atoms with Gasteiger partial charge >= 0.3 is 0 Å². The van der Waals surface area contributed by atoms with E-state index < -0.39 is 0 Å². The first-order valence-electron chi connectivity index (χ1n) is 4.49. The van der Waals surface area contributed by atoms with E-state index >= 15 is 0 Å². The first-order valence-corrected chi connectivity index (χ1v) is 4.49. The van der Waals surface area contributed by atoms with E-state index in [-0.39, 0.29) is 6.10 Å². The molecule has 1 unspecified atom stereocenters. The van der Waals surface area contributed by atoms with E-state index in [0.717, 1.165) is 25.9 Å². The van der Waals surface area contributed by atoms with Crippen molar-refractivity contribution >= 4 is 0 Å². The smallest absolute Gasteiger partial charge is 0.179 e. The molecule has 0 aromatic heterocycles. The van der Waals surface area contributed by atoms with Gasteiger partial charge in [0.2, 0.25) is 0 Å². The molecular formula is C9H16N2O. The topological polar surface area (TPSA) is 36.3 Å². The van der Waals surface area contributed by atoms with Crippen LogP contribution >= 0.6 is 0 Å². The van der Waals surface area contributed by atoms with Crippen molar-refractivity contribution < 1.29 is 4.74 Å². The number of piperidine rings is 1. The standard InChI is InChI=1S/C9H16N2O/c1-3-8-4-5-11(7-10)6-9(8)12-2/h8-9H,3-6H2,1-2H3/t8-,9?/m1/s1. The zero-order chi connectivity index (χ0) is 8.97. The van der Waals surface area contributed by atoms with Crippen LogP contribution in [0.25, 0.3) is 0 Å². The third kappa shape index (κ3) is 1.89. The Hall–Kier alpha value is -0.750. The summed E-state index contributed by atoms with van der Waals surface area (Å²) in [6, 6.07) is 0. The van der Waals surface area contributed by atoms with Crippen LogP contribution in [0.15, 0.2) is 0 Å². The molecule has 0 radical (unpaired) electrons. The van der Waals surface area contributed by atoms with Gasteiger partial charge in [-0.05, 0) is 12.3 Å². The van der Waals surface area contributed by atoms with Crippen LogP contribution in [0.2, 0.25) is 0 Å². The van der Waals surface area contributed by atoms with Gasteiger partial charge in [-0.1, -0.05) is 13.3 Å². The fourth-order valence-corrected chi connectivity index (χ4v) is 1.79. The first kappa shape index (κ1) is 9.34. The number of methoxy groups -OCH3 is 1. The Morgan fingerprint density at radius 2 is 2.42 bits per heavy atom. The van der Waals surface area contributed by atoms with E-state index in [1.54, 1.807) is 12.0 Å². The molecule has 0 amide bonds. The maximum atomic E-state index is 8.68. The maximum absolute atomic E-state index is 8.68. The molecule has 1 saturated heterocycles. The third-order valence-corrected chi connectivity index (χ3v) is 2.66. The molecule has 1 aliphatic heterocycles. The number of likely N-dealkylation sites (tertiary alicyclic amines) is 1. The predicted molar refractivity (Wildman–Crippen MR) is 46.4 cm³/mol. The lowest BCUT2D eigenvalue weighted by Gasteiger charge is -2.34. The Morgan fingerprint density at radius 3 is 2.92 bits per heavy atom. The van der Waals surface area contributed by atoms with Crippen molar-refractivity contribution in [1.82, 2.24) is 4.90 Å². The van der Waals surface area contributed by atoms with Crippen molar-refractivity contribution in [2.24, 2.45) is 5.92 Å². The van der Waals surface area contributed by atoms with Gasteiger partial charge in [0.1, 0.15) is 0 Å². The SMILES string of the molecule is CC[C@@H]1CCN(C#N)CC1OC. The largest absolute Gasteiger partial charge is 0.379 e. The summed E-state index contributed by atoms with van der Waals surface area (Å²) < 4.78 is 5.33. The Labute approximate surface area is 73.9 Å². The lowest BCUT2D eigenvalue weighted by Crippen LogP contribution is -2.42. The Bertz CT molecular complexity index is 176. The Balaban J connectivity index is 2.48. The van der Waals surface area contributed by atoms with Gasteiger partial charge in [0.15, 0.2) is 6.19 Å². The lowest BCUT2D eigenvalue weighted by molar-refractivity contribution is 0.00342. The zero-order valence-corrected chi connectivity index (χ0v) is 7.79. The van der Waals surface area contributed by atoms with E-state index in [0.29, 0.717) is 5.92 Å². The van der Waals surface area contributed by atoms with Crippen molar-refractivity contribution in [2.45, 2.75) is 25.9 Å². The third-order valence-electron chi connectivity index (χ3n) is 2.66. The van der Waals surface area contributed by atoms with Crippen molar-refractivity contribution in [2.75, 3.05) is 20.2 Å². The van der Waals surface area contributed by atoms with Crippen LogP contribution in [0, 0.1) is 17.4 Å². The molecule has 1 aliphatic rings. The van der Waals surface area contributed by atoms with Crippen LogP contribution in [0.5, 0.6) is 0 Å². The Morgan fingerprint density at radius 1 is 1.67 bits per heavy atom. The molecule has 1 fully saturated rings. The molecule has 1 rings (SSSR count). The number of hydrogen-bond donors (Lipinski definition) is 0. The van der Waals surface area contributed by atoms with Crippen LogP contribution < -0.4 is 0 Å². The molecule has 0 saturated carbocycles. The second-order valence-corrected chi connectivity index (χ2v) is 3.28. The number of ether oxygens (including phenoxy) is 1. The molecule has 0 aliphatic carbocycles. The van der Waals surface area contributed by atoms with Gasteiger partial charge in [-0.25, -0.2) is 0 Å². The van der Waals surface area contributed by atoms with E-state index in [9.17, 15) is 0 Å². The second-order valence-electron chi connectivity index (χ2n) is 3.28. The van der Waals surface area contributed by atoms with Gasteiger partial charge in [0.05, 0.1) is 12.6 Å². The molecule has 3 heteroatoms. The summed E-state index contributed by atoms with van der Waals surface area (Å²) in [5.41, 5.74) is 0. The van der Waals surface area contributed by atoms with E-state index in [4.69, 9.17) is 10.00 Å². The number of hydrogen-bond acceptors (Lipinski definition) is 3. The summed E-state index contributed by atoms with van der Waals surface area (Å²) in [7, 11) is 1.73. The average Bonchev–Trinajstić information content (AvgIpc) is 2.16. The van der Waals surface area contributed by atoms with Crippen LogP contribution in [0.4, 0.5) is 0 Å². The molecule has 1 heterocycles. The monoisotopic (exact) mass is 168 g/mol. The molecule has 12 heavy (non-hydrogen) atoms. The molecular weight excluding hydrogens is 152 g/mol. The summed E-state index contributed by atoms with van der Waals surface area (Å²) >= 11 is 0. The van der Waals surface area contributed by atoms with Crippen LogP contribution in [0.1, 0.15) is 19.8 Å². The number of nitriles is 1. The highest BCUT2D eigenvalue weighted by atomic mass is 16.5. The molecule has 0 bridgehead atoms. The lowest BCUT2D eigenvalue weighted by atomic mass is 9.92. The minimum Gasteiger partial charge on any atom is -0.379 e. The van der Waals surface area contributed by atoms with Gasteiger partial charge in [-0.2, -0.15) is 5.26 Å². The van der Waals surface area contributed by atoms with Crippen molar-refractivity contribution in [3.05, 3.63) is 0 Å². The van der Waals surface area contributed by atoms with Gasteiger partial charge in [0, 0.05) is 13.7 Å². The van der Waals surface area contributed by atoms with E-state index in [1.807, 2.05) is 0 Å². The van der Waals surface area contributed by atoms with E-state index in [1.165, 1.54) is 0 Å². The minimum absolute atomic E-state index is 0.253. The highest BCUT2D eigenvalue weighted by Crippen LogP contribution is 2.22. The van der Waals surface area contributed by atoms with E-state index in [2.05, 4.69) is 13.1 Å². The normalized spacial score (nSPS) is 29.9. The van der Waals surface area contributed by atoms with Crippen LogP contribution in [-0.4, -0.2) is 31.2 Å². The maximum Gasteiger partial charge on any atom is 0.179 e. The van der Waals surface area contributed by atoms with Crippen molar-refractivity contribution in [1.29, 1.82) is 5.26 Å². The number of nitrogens with zero attached hydrogens (tertiary/aromatic N) is 2. The van der Waals surface area contributed by atoms with Gasteiger partial charge in [-0.3, -0.25) is 0 Å². The first-order chi connectivity index (χ1) is 5.81. The van der Waals surface area contributed by atoms with Gasteiger partial charge < -0.3 is 9.64 Å². The van der Waals surface area contributed by atoms with Gasteiger partial charge in [-0.15, -0.1) is 0 Å². The molecule has 68 valence electrons. The molecule has 0 aromatic carbocycles. The van der Waals surface area contributed by atoms with Gasteiger partial charge in [0.25, 0.3) is 0 Å². The zero-order valence-electron chi connectivity index (χ0n) is 7.79. The van der Waals surface area contributed by atoms with Crippen LogP contribution in [-0.2, 0) is 4.74 Å². The van der Waals surface area contributed by atoms with Crippen LogP contribution in [0.3, 0.4) is 0 Å². The minimum atomic E-state index is 0.253. The highest BCUT2D eigenvalue weighted by molar-refractivity contribution is 4.86. The highest BCUT2D eigenvalue weighted by Gasteiger charge is 2.27. The molecule has 3 nitrogen and oxygen atoms in total. The summed E-state index contributed by atoms with van der Waals surface area (Å²) in [6.45, 7) is 3.85. The summed E-state index contributed by atoms with van der Waals surface area (Å²) in [4.78, 5) is 1.78. The summed E-state index contributed by atoms with van der Waals surface area (Å²) in [6.07, 6.45) is 4.66. The Kier molecular flexibility index (Phi) is 3.36. The van der Waals surface area contributed by atoms with Crippen molar-refractivity contribution in [3.63, 3.8) is 0 Å². The summed E-state index contributed by atoms with van der Waals surface area (Å²) in [5, 5.41) is 8.68. The molecule has 0 spiro atoms. The van der Waals surface area contributed by atoms with Crippen molar-refractivity contribution in [3.8, 4) is 6.19 Å².